The van der Waals surface area contributed by atoms with Gasteiger partial charge in [-0.25, -0.2) is 13.2 Å². The van der Waals surface area contributed by atoms with Crippen LogP contribution >= 0.6 is 0 Å². The number of sulfonamides is 1. The van der Waals surface area contributed by atoms with Crippen molar-refractivity contribution < 1.29 is 13.2 Å². The number of ether oxygens (including phenoxy) is 1. The zero-order valence-electron chi connectivity index (χ0n) is 13.4. The Kier molecular flexibility index (Phi) is 5.45. The van der Waals surface area contributed by atoms with Crippen molar-refractivity contribution in [2.75, 3.05) is 11.3 Å². The highest BCUT2D eigenvalue weighted by molar-refractivity contribution is 7.92. The van der Waals surface area contributed by atoms with Crippen LogP contribution in [0.15, 0.2) is 38.8 Å². The number of hydrogen-bond acceptors (Lipinski definition) is 5. The van der Waals surface area contributed by atoms with Gasteiger partial charge in [0.25, 0.3) is 15.6 Å². The minimum Gasteiger partial charge on any atom is -0.494 e. The topological polar surface area (TPSA) is 121 Å². The van der Waals surface area contributed by atoms with Crippen LogP contribution in [-0.4, -0.2) is 25.0 Å². The van der Waals surface area contributed by atoms with Crippen LogP contribution in [0.3, 0.4) is 0 Å². The fraction of sp³-hybridized carbons (Fsp3) is 0.333. The summed E-state index contributed by atoms with van der Waals surface area (Å²) in [5.74, 6) is 0.629. The first-order valence-electron chi connectivity index (χ1n) is 7.42. The minimum absolute atomic E-state index is 0.0317. The lowest BCUT2D eigenvalue weighted by atomic mass is 10.3. The third-order valence-electron chi connectivity index (χ3n) is 3.22. The van der Waals surface area contributed by atoms with Crippen LogP contribution in [0.1, 0.15) is 25.5 Å². The Balaban J connectivity index is 2.21. The van der Waals surface area contributed by atoms with Crippen LogP contribution in [0.25, 0.3) is 0 Å². The average molecular weight is 353 g/mol. The van der Waals surface area contributed by atoms with E-state index in [4.69, 9.17) is 4.74 Å². The molecular formula is C15H19N3O5S. The molecule has 2 aromatic rings. The zero-order chi connectivity index (χ0) is 17.7. The van der Waals surface area contributed by atoms with Gasteiger partial charge in [-0.1, -0.05) is 13.3 Å². The predicted molar refractivity (Wildman–Crippen MR) is 90.1 cm³/mol. The van der Waals surface area contributed by atoms with Crippen LogP contribution in [0.4, 0.5) is 5.69 Å². The van der Waals surface area contributed by atoms with Crippen molar-refractivity contribution in [2.45, 2.75) is 31.6 Å². The number of unbranched alkanes of at least 4 members (excludes halogenated alkanes) is 1. The van der Waals surface area contributed by atoms with E-state index < -0.39 is 26.2 Å². The van der Waals surface area contributed by atoms with Crippen LogP contribution in [-0.2, 0) is 10.0 Å². The number of hydrogen-bond donors (Lipinski definition) is 3. The average Bonchev–Trinajstić information content (AvgIpc) is 2.47. The Labute approximate surface area is 138 Å². The molecule has 0 aliphatic rings. The summed E-state index contributed by atoms with van der Waals surface area (Å²) >= 11 is 0. The van der Waals surface area contributed by atoms with E-state index in [0.29, 0.717) is 12.4 Å². The molecule has 130 valence electrons. The van der Waals surface area contributed by atoms with Gasteiger partial charge in [-0.2, -0.15) is 0 Å². The van der Waals surface area contributed by atoms with Gasteiger partial charge in [-0.15, -0.1) is 0 Å². The Morgan fingerprint density at radius 2 is 1.79 bits per heavy atom. The van der Waals surface area contributed by atoms with E-state index in [1.54, 1.807) is 12.1 Å². The standard InChI is InChI=1S/C15H19N3O5S/c1-3-4-9-23-12-7-5-11(6-8-12)18-24(21,22)13-10(2)16-15(20)17-14(13)19/h5-8,18H,3-4,9H2,1-2H3,(H2,16,17,19,20). The Morgan fingerprint density at radius 1 is 1.12 bits per heavy atom. The highest BCUT2D eigenvalue weighted by atomic mass is 32.2. The van der Waals surface area contributed by atoms with Crippen molar-refractivity contribution in [3.8, 4) is 5.75 Å². The van der Waals surface area contributed by atoms with Crippen molar-refractivity contribution in [2.24, 2.45) is 0 Å². The maximum absolute atomic E-state index is 12.4. The Morgan fingerprint density at radius 3 is 2.38 bits per heavy atom. The van der Waals surface area contributed by atoms with Crippen molar-refractivity contribution in [3.63, 3.8) is 0 Å². The molecule has 0 aliphatic heterocycles. The number of rotatable bonds is 7. The highest BCUT2D eigenvalue weighted by Crippen LogP contribution is 2.19. The Bertz CT molecular complexity index is 913. The van der Waals surface area contributed by atoms with Gasteiger partial charge in [0.2, 0.25) is 0 Å². The molecule has 8 nitrogen and oxygen atoms in total. The van der Waals surface area contributed by atoms with E-state index in [9.17, 15) is 18.0 Å². The first kappa shape index (κ1) is 17.8. The number of anilines is 1. The molecular weight excluding hydrogens is 334 g/mol. The molecule has 2 rings (SSSR count). The molecule has 0 spiro atoms. The van der Waals surface area contributed by atoms with Gasteiger partial charge in [0.05, 0.1) is 6.61 Å². The second-order valence-corrected chi connectivity index (χ2v) is 6.81. The fourth-order valence-electron chi connectivity index (χ4n) is 2.07. The summed E-state index contributed by atoms with van der Waals surface area (Å²) in [7, 11) is -4.13. The van der Waals surface area contributed by atoms with Gasteiger partial charge in [0.1, 0.15) is 5.75 Å². The summed E-state index contributed by atoms with van der Waals surface area (Å²) in [6, 6.07) is 6.34. The molecule has 0 unspecified atom stereocenters. The van der Waals surface area contributed by atoms with Crippen LogP contribution < -0.4 is 20.7 Å². The lowest BCUT2D eigenvalue weighted by Crippen LogP contribution is -2.31. The third kappa shape index (κ3) is 4.25. The van der Waals surface area contributed by atoms with Crippen LogP contribution in [0.5, 0.6) is 5.75 Å². The van der Waals surface area contributed by atoms with Crippen molar-refractivity contribution in [3.05, 3.63) is 50.8 Å². The number of benzene rings is 1. The van der Waals surface area contributed by atoms with E-state index >= 15 is 0 Å². The van der Waals surface area contributed by atoms with Gasteiger partial charge in [-0.05, 0) is 37.6 Å². The second kappa shape index (κ2) is 7.35. The lowest BCUT2D eigenvalue weighted by molar-refractivity contribution is 0.309. The normalized spacial score (nSPS) is 11.2. The van der Waals surface area contributed by atoms with E-state index in [2.05, 4.69) is 16.6 Å². The molecule has 0 bridgehead atoms. The van der Waals surface area contributed by atoms with Gasteiger partial charge in [-0.3, -0.25) is 14.5 Å². The van der Waals surface area contributed by atoms with E-state index in [1.165, 1.54) is 19.1 Å². The number of aromatic nitrogens is 2. The van der Waals surface area contributed by atoms with Gasteiger partial charge >= 0.3 is 5.69 Å². The molecule has 1 aromatic heterocycles. The molecule has 0 saturated heterocycles. The molecule has 1 aromatic carbocycles. The maximum Gasteiger partial charge on any atom is 0.325 e. The van der Waals surface area contributed by atoms with Gasteiger partial charge in [0, 0.05) is 11.4 Å². The summed E-state index contributed by atoms with van der Waals surface area (Å²) in [5, 5.41) is 0. The molecule has 0 fully saturated rings. The molecule has 1 heterocycles. The summed E-state index contributed by atoms with van der Waals surface area (Å²) < 4.78 is 32.5. The largest absolute Gasteiger partial charge is 0.494 e. The summed E-state index contributed by atoms with van der Waals surface area (Å²) in [4.78, 5) is 26.6. The Hall–Kier alpha value is -2.55. The van der Waals surface area contributed by atoms with Crippen molar-refractivity contribution in [1.29, 1.82) is 0 Å². The third-order valence-corrected chi connectivity index (χ3v) is 4.75. The molecule has 3 N–H and O–H groups in total. The van der Waals surface area contributed by atoms with E-state index in [-0.39, 0.29) is 11.4 Å². The van der Waals surface area contributed by atoms with Crippen molar-refractivity contribution in [1.82, 2.24) is 9.97 Å². The molecule has 0 amide bonds. The highest BCUT2D eigenvalue weighted by Gasteiger charge is 2.22. The van der Waals surface area contributed by atoms with E-state index in [0.717, 1.165) is 12.8 Å². The van der Waals surface area contributed by atoms with Crippen molar-refractivity contribution >= 4 is 15.7 Å². The molecule has 9 heteroatoms. The quantitative estimate of drug-likeness (QED) is 0.649. The summed E-state index contributed by atoms with van der Waals surface area (Å²) in [6.07, 6.45) is 1.95. The molecule has 0 radical (unpaired) electrons. The number of aromatic amines is 2. The van der Waals surface area contributed by atoms with Crippen LogP contribution in [0.2, 0.25) is 0 Å². The maximum atomic E-state index is 12.4. The van der Waals surface area contributed by atoms with Gasteiger partial charge < -0.3 is 9.72 Å². The minimum atomic E-state index is -4.13. The first-order valence-corrected chi connectivity index (χ1v) is 8.90. The number of aryl methyl sites for hydroxylation is 1. The SMILES string of the molecule is CCCCOc1ccc(NS(=O)(=O)c2c(C)[nH]c(=O)[nH]c2=O)cc1. The number of nitrogens with one attached hydrogen (secondary N) is 3. The molecule has 0 saturated carbocycles. The smallest absolute Gasteiger partial charge is 0.325 e. The first-order chi connectivity index (χ1) is 11.3. The molecule has 24 heavy (non-hydrogen) atoms. The van der Waals surface area contributed by atoms with Crippen LogP contribution in [0, 0.1) is 6.92 Å². The monoisotopic (exact) mass is 353 g/mol. The lowest BCUT2D eigenvalue weighted by Gasteiger charge is -2.10. The fourth-order valence-corrected chi connectivity index (χ4v) is 3.37. The molecule has 0 atom stereocenters. The second-order valence-electron chi connectivity index (χ2n) is 5.19. The molecule has 0 aliphatic carbocycles. The van der Waals surface area contributed by atoms with E-state index in [1.807, 2.05) is 4.98 Å². The summed E-state index contributed by atoms with van der Waals surface area (Å²) in [6.45, 7) is 3.99. The van der Waals surface area contributed by atoms with Gasteiger partial charge in [0.15, 0.2) is 4.90 Å². The summed E-state index contributed by atoms with van der Waals surface area (Å²) in [5.41, 5.74) is -1.48. The number of H-pyrrole nitrogens is 2. The predicted octanol–water partition coefficient (Wildman–Crippen LogP) is 1.35. The zero-order valence-corrected chi connectivity index (χ0v) is 14.2.